The van der Waals surface area contributed by atoms with Crippen molar-refractivity contribution >= 4 is 16.8 Å². The van der Waals surface area contributed by atoms with Crippen LogP contribution in [0.2, 0.25) is 0 Å². The number of hydrogen-bond acceptors (Lipinski definition) is 5. The number of benzene rings is 2. The predicted molar refractivity (Wildman–Crippen MR) is 110 cm³/mol. The van der Waals surface area contributed by atoms with Crippen LogP contribution < -0.4 is 10.1 Å². The molecular weight excluding hydrogens is 366 g/mol. The number of para-hydroxylation sites is 1. The van der Waals surface area contributed by atoms with Crippen molar-refractivity contribution in [3.63, 3.8) is 0 Å². The predicted octanol–water partition coefficient (Wildman–Crippen LogP) is 4.35. The summed E-state index contributed by atoms with van der Waals surface area (Å²) in [5.74, 6) is 1.27. The molecule has 0 aliphatic rings. The minimum Gasteiger partial charge on any atom is -0.489 e. The van der Waals surface area contributed by atoms with Gasteiger partial charge < -0.3 is 14.6 Å². The van der Waals surface area contributed by atoms with E-state index in [1.54, 1.807) is 6.07 Å². The second-order valence-corrected chi connectivity index (χ2v) is 6.81. The summed E-state index contributed by atoms with van der Waals surface area (Å²) >= 11 is 0. The van der Waals surface area contributed by atoms with Crippen molar-refractivity contribution in [1.29, 1.82) is 0 Å². The molecule has 6 nitrogen and oxygen atoms in total. The maximum absolute atomic E-state index is 12.5. The van der Waals surface area contributed by atoms with Crippen LogP contribution in [0.4, 0.5) is 0 Å². The van der Waals surface area contributed by atoms with Gasteiger partial charge in [-0.2, -0.15) is 0 Å². The van der Waals surface area contributed by atoms with Gasteiger partial charge in [0.15, 0.2) is 0 Å². The highest BCUT2D eigenvalue weighted by molar-refractivity contribution is 5.94. The van der Waals surface area contributed by atoms with E-state index in [0.717, 1.165) is 39.2 Å². The molecule has 1 amide bonds. The fraction of sp³-hybridized carbons (Fsp3) is 0.174. The lowest BCUT2D eigenvalue weighted by atomic mass is 10.2. The summed E-state index contributed by atoms with van der Waals surface area (Å²) in [5, 5.41) is 7.85. The second-order valence-electron chi connectivity index (χ2n) is 6.81. The molecule has 0 spiro atoms. The molecule has 0 radical (unpaired) electrons. The Morgan fingerprint density at radius 3 is 2.76 bits per heavy atom. The Bertz CT molecular complexity index is 1150. The molecule has 4 aromatic rings. The van der Waals surface area contributed by atoms with Crippen molar-refractivity contribution in [3.05, 3.63) is 88.9 Å². The summed E-state index contributed by atoms with van der Waals surface area (Å²) in [5.41, 5.74) is 3.92. The van der Waals surface area contributed by atoms with E-state index in [9.17, 15) is 4.79 Å². The molecule has 146 valence electrons. The minimum atomic E-state index is -0.210. The van der Waals surface area contributed by atoms with E-state index in [4.69, 9.17) is 9.26 Å². The first-order valence-corrected chi connectivity index (χ1v) is 9.37. The number of fused-ring (bicyclic) bond motifs is 1. The van der Waals surface area contributed by atoms with Crippen LogP contribution in [-0.2, 0) is 13.2 Å². The summed E-state index contributed by atoms with van der Waals surface area (Å²) in [6, 6.07) is 19.0. The van der Waals surface area contributed by atoms with Crippen molar-refractivity contribution in [2.45, 2.75) is 27.0 Å². The normalized spacial score (nSPS) is 10.8. The first-order chi connectivity index (χ1) is 14.1. The van der Waals surface area contributed by atoms with Gasteiger partial charge in [-0.15, -0.1) is 0 Å². The number of rotatable bonds is 6. The number of carbonyl (C=O) groups excluding carboxylic acids is 1. The van der Waals surface area contributed by atoms with Crippen molar-refractivity contribution in [3.8, 4) is 5.75 Å². The van der Waals surface area contributed by atoms with E-state index < -0.39 is 0 Å². The van der Waals surface area contributed by atoms with Gasteiger partial charge >= 0.3 is 0 Å². The molecule has 0 fully saturated rings. The molecule has 4 rings (SSSR count). The van der Waals surface area contributed by atoms with Crippen LogP contribution in [0.3, 0.4) is 0 Å². The number of aromatic nitrogens is 2. The molecule has 0 unspecified atom stereocenters. The number of aryl methyl sites for hydroxylation is 2. The Morgan fingerprint density at radius 1 is 1.07 bits per heavy atom. The summed E-state index contributed by atoms with van der Waals surface area (Å²) in [6.45, 7) is 4.53. The van der Waals surface area contributed by atoms with E-state index in [1.165, 1.54) is 0 Å². The zero-order valence-electron chi connectivity index (χ0n) is 16.3. The quantitative estimate of drug-likeness (QED) is 0.532. The third-order valence-electron chi connectivity index (χ3n) is 4.75. The molecule has 0 saturated heterocycles. The molecule has 2 aromatic heterocycles. The zero-order valence-corrected chi connectivity index (χ0v) is 16.3. The Labute approximate surface area is 168 Å². The van der Waals surface area contributed by atoms with E-state index in [-0.39, 0.29) is 5.91 Å². The number of pyridine rings is 1. The number of carbonyl (C=O) groups is 1. The van der Waals surface area contributed by atoms with Gasteiger partial charge in [-0.3, -0.25) is 4.79 Å². The topological polar surface area (TPSA) is 77.3 Å². The van der Waals surface area contributed by atoms with Crippen LogP contribution in [0.1, 0.15) is 33.1 Å². The molecule has 2 heterocycles. The van der Waals surface area contributed by atoms with Gasteiger partial charge in [0.1, 0.15) is 23.8 Å². The first kappa shape index (κ1) is 18.7. The van der Waals surface area contributed by atoms with E-state index in [2.05, 4.69) is 15.5 Å². The third-order valence-corrected chi connectivity index (χ3v) is 4.75. The van der Waals surface area contributed by atoms with Crippen LogP contribution in [0.15, 0.2) is 65.2 Å². The highest BCUT2D eigenvalue weighted by Crippen LogP contribution is 2.19. The molecule has 0 bridgehead atoms. The van der Waals surface area contributed by atoms with Gasteiger partial charge in [0.2, 0.25) is 0 Å². The number of amides is 1. The van der Waals surface area contributed by atoms with E-state index >= 15 is 0 Å². The van der Waals surface area contributed by atoms with Gasteiger partial charge in [-0.1, -0.05) is 41.6 Å². The highest BCUT2D eigenvalue weighted by atomic mass is 16.5. The summed E-state index contributed by atoms with van der Waals surface area (Å²) in [7, 11) is 0. The summed E-state index contributed by atoms with van der Waals surface area (Å²) < 4.78 is 11.0. The molecule has 0 aliphatic carbocycles. The van der Waals surface area contributed by atoms with Gasteiger partial charge in [0.25, 0.3) is 5.91 Å². The Hall–Kier alpha value is -3.67. The number of nitrogens with zero attached hydrogens (tertiary/aromatic N) is 2. The minimum absolute atomic E-state index is 0.210. The third kappa shape index (κ3) is 4.27. The fourth-order valence-corrected chi connectivity index (χ4v) is 3.07. The average molecular weight is 387 g/mol. The van der Waals surface area contributed by atoms with E-state index in [0.29, 0.717) is 18.8 Å². The Balaban J connectivity index is 1.39. The maximum atomic E-state index is 12.5. The van der Waals surface area contributed by atoms with Gasteiger partial charge in [0, 0.05) is 11.9 Å². The van der Waals surface area contributed by atoms with Crippen molar-refractivity contribution in [1.82, 2.24) is 15.5 Å². The fourth-order valence-electron chi connectivity index (χ4n) is 3.07. The molecule has 29 heavy (non-hydrogen) atoms. The summed E-state index contributed by atoms with van der Waals surface area (Å²) in [6.07, 6.45) is 0. The van der Waals surface area contributed by atoms with E-state index in [1.807, 2.05) is 68.4 Å². The molecule has 1 N–H and O–H groups in total. The van der Waals surface area contributed by atoms with Crippen LogP contribution in [0, 0.1) is 13.8 Å². The van der Waals surface area contributed by atoms with Gasteiger partial charge in [0.05, 0.1) is 16.8 Å². The lowest BCUT2D eigenvalue weighted by molar-refractivity contribution is 0.0946. The molecule has 0 atom stereocenters. The Kier molecular flexibility index (Phi) is 5.24. The SMILES string of the molecule is Cc1noc(C)c1COc1cccc(CNC(=O)c2ccc3ccccc3n2)c1. The molecule has 0 saturated carbocycles. The number of hydrogen-bond donors (Lipinski definition) is 1. The average Bonchev–Trinajstić information content (AvgIpc) is 3.07. The molecule has 6 heteroatoms. The molecular formula is C23H21N3O3. The lowest BCUT2D eigenvalue weighted by Crippen LogP contribution is -2.23. The van der Waals surface area contributed by atoms with Crippen molar-refractivity contribution in [2.75, 3.05) is 0 Å². The van der Waals surface area contributed by atoms with Gasteiger partial charge in [-0.05, 0) is 43.7 Å². The standard InChI is InChI=1S/C23H21N3O3/c1-15-20(16(2)29-26-15)14-28-19-8-5-6-17(12-19)13-24-23(27)22-11-10-18-7-3-4-9-21(18)25-22/h3-12H,13-14H2,1-2H3,(H,24,27). The van der Waals surface area contributed by atoms with Crippen molar-refractivity contribution in [2.24, 2.45) is 0 Å². The number of ether oxygens (including phenoxy) is 1. The van der Waals surface area contributed by atoms with Gasteiger partial charge in [-0.25, -0.2) is 4.98 Å². The summed E-state index contributed by atoms with van der Waals surface area (Å²) in [4.78, 5) is 16.9. The number of nitrogens with one attached hydrogen (secondary N) is 1. The zero-order chi connectivity index (χ0) is 20.2. The lowest BCUT2D eigenvalue weighted by Gasteiger charge is -2.09. The maximum Gasteiger partial charge on any atom is 0.270 e. The second kappa shape index (κ2) is 8.14. The molecule has 2 aromatic carbocycles. The van der Waals surface area contributed by atoms with Crippen LogP contribution in [0.25, 0.3) is 10.9 Å². The van der Waals surface area contributed by atoms with Crippen LogP contribution in [0.5, 0.6) is 5.75 Å². The van der Waals surface area contributed by atoms with Crippen LogP contribution >= 0.6 is 0 Å². The van der Waals surface area contributed by atoms with Crippen LogP contribution in [-0.4, -0.2) is 16.0 Å². The Morgan fingerprint density at radius 2 is 1.93 bits per heavy atom. The largest absolute Gasteiger partial charge is 0.489 e. The first-order valence-electron chi connectivity index (χ1n) is 9.37. The highest BCUT2D eigenvalue weighted by Gasteiger charge is 2.11. The smallest absolute Gasteiger partial charge is 0.270 e. The monoisotopic (exact) mass is 387 g/mol. The van der Waals surface area contributed by atoms with Crippen molar-refractivity contribution < 1.29 is 14.1 Å². The molecule has 0 aliphatic heterocycles.